The molecule has 0 heterocycles. The average molecular weight is 226 g/mol. The van der Waals surface area contributed by atoms with Gasteiger partial charge in [-0.25, -0.2) is 4.39 Å². The fourth-order valence-electron chi connectivity index (χ4n) is 0.911. The van der Waals surface area contributed by atoms with Gasteiger partial charge in [0.2, 0.25) is 5.91 Å². The third kappa shape index (κ3) is 4.03. The van der Waals surface area contributed by atoms with Crippen LogP contribution in [0.4, 0.5) is 10.1 Å². The van der Waals surface area contributed by atoms with Crippen molar-refractivity contribution >= 4 is 28.9 Å². The van der Waals surface area contributed by atoms with Crippen molar-refractivity contribution in [1.82, 2.24) is 5.32 Å². The predicted octanol–water partition coefficient (Wildman–Crippen LogP) is 2.05. The number of hydrogen-bond acceptors (Lipinski definition) is 2. The van der Waals surface area contributed by atoms with Crippen molar-refractivity contribution in [2.75, 3.05) is 5.32 Å². The van der Waals surface area contributed by atoms with Crippen LogP contribution < -0.4 is 10.6 Å². The van der Waals surface area contributed by atoms with E-state index in [4.69, 9.17) is 12.2 Å². The standard InChI is InChI=1S/C10H11FN2OS/c1-2-9(14)13-10(15)12-8-5-3-7(11)4-6-8/h3-6H,2H2,1H3,(H2,12,13,14,15). The minimum Gasteiger partial charge on any atom is -0.332 e. The largest absolute Gasteiger partial charge is 0.332 e. The summed E-state index contributed by atoms with van der Waals surface area (Å²) in [4.78, 5) is 11.0. The minimum absolute atomic E-state index is 0.158. The van der Waals surface area contributed by atoms with Gasteiger partial charge in [-0.1, -0.05) is 6.92 Å². The van der Waals surface area contributed by atoms with Gasteiger partial charge >= 0.3 is 0 Å². The smallest absolute Gasteiger partial charge is 0.225 e. The summed E-state index contributed by atoms with van der Waals surface area (Å²) >= 11 is 4.87. The molecule has 2 N–H and O–H groups in total. The van der Waals surface area contributed by atoms with Crippen LogP contribution in [0.25, 0.3) is 0 Å². The van der Waals surface area contributed by atoms with E-state index in [1.54, 1.807) is 19.1 Å². The number of carbonyl (C=O) groups is 1. The lowest BCUT2D eigenvalue weighted by Crippen LogP contribution is -2.33. The van der Waals surface area contributed by atoms with Gasteiger partial charge in [0.15, 0.2) is 5.11 Å². The van der Waals surface area contributed by atoms with Crippen molar-refractivity contribution in [3.8, 4) is 0 Å². The average Bonchev–Trinajstić information content (AvgIpc) is 2.21. The van der Waals surface area contributed by atoms with Gasteiger partial charge in [-0.3, -0.25) is 4.79 Å². The Balaban J connectivity index is 2.51. The Morgan fingerprint density at radius 3 is 2.53 bits per heavy atom. The Kier molecular flexibility index (Phi) is 4.17. The highest BCUT2D eigenvalue weighted by Gasteiger charge is 2.01. The first-order valence-electron chi connectivity index (χ1n) is 4.48. The van der Waals surface area contributed by atoms with E-state index in [-0.39, 0.29) is 16.8 Å². The van der Waals surface area contributed by atoms with Gasteiger partial charge in [-0.15, -0.1) is 0 Å². The van der Waals surface area contributed by atoms with Crippen LogP contribution in [0.2, 0.25) is 0 Å². The quantitative estimate of drug-likeness (QED) is 0.758. The Morgan fingerprint density at radius 1 is 1.40 bits per heavy atom. The number of nitrogens with one attached hydrogen (secondary N) is 2. The number of halogens is 1. The number of anilines is 1. The van der Waals surface area contributed by atoms with Crippen LogP contribution in [-0.2, 0) is 4.79 Å². The van der Waals surface area contributed by atoms with E-state index in [0.717, 1.165) is 0 Å². The molecule has 0 unspecified atom stereocenters. The van der Waals surface area contributed by atoms with Crippen molar-refractivity contribution in [3.05, 3.63) is 30.1 Å². The molecule has 0 saturated carbocycles. The van der Waals surface area contributed by atoms with E-state index in [9.17, 15) is 9.18 Å². The Bertz CT molecular complexity index is 364. The van der Waals surface area contributed by atoms with Crippen LogP contribution in [0.3, 0.4) is 0 Å². The number of rotatable bonds is 2. The lowest BCUT2D eigenvalue weighted by Gasteiger charge is -2.08. The van der Waals surface area contributed by atoms with Gasteiger partial charge in [0.25, 0.3) is 0 Å². The molecule has 5 heteroatoms. The molecular formula is C10H11FN2OS. The Labute approximate surface area is 92.7 Å². The molecule has 0 radical (unpaired) electrons. The molecule has 1 aromatic rings. The molecule has 1 aromatic carbocycles. The van der Waals surface area contributed by atoms with E-state index >= 15 is 0 Å². The van der Waals surface area contributed by atoms with E-state index < -0.39 is 0 Å². The van der Waals surface area contributed by atoms with Gasteiger partial charge in [-0.2, -0.15) is 0 Å². The molecule has 0 saturated heterocycles. The van der Waals surface area contributed by atoms with Gasteiger partial charge in [-0.05, 0) is 36.5 Å². The number of carbonyl (C=O) groups excluding carboxylic acids is 1. The Hall–Kier alpha value is -1.49. The lowest BCUT2D eigenvalue weighted by atomic mass is 10.3. The zero-order valence-electron chi connectivity index (χ0n) is 8.21. The second-order valence-corrected chi connectivity index (χ2v) is 3.27. The number of benzene rings is 1. The van der Waals surface area contributed by atoms with Gasteiger partial charge in [0.05, 0.1) is 0 Å². The molecular weight excluding hydrogens is 215 g/mol. The highest BCUT2D eigenvalue weighted by Crippen LogP contribution is 2.07. The summed E-state index contributed by atoms with van der Waals surface area (Å²) in [6, 6.07) is 5.71. The molecule has 1 amide bonds. The van der Waals surface area contributed by atoms with Crippen molar-refractivity contribution < 1.29 is 9.18 Å². The first-order valence-corrected chi connectivity index (χ1v) is 4.89. The fraction of sp³-hybridized carbons (Fsp3) is 0.200. The third-order valence-corrected chi connectivity index (χ3v) is 1.88. The summed E-state index contributed by atoms with van der Waals surface area (Å²) in [6.07, 6.45) is 0.366. The molecule has 80 valence electrons. The lowest BCUT2D eigenvalue weighted by molar-refractivity contribution is -0.119. The van der Waals surface area contributed by atoms with Crippen LogP contribution in [0.5, 0.6) is 0 Å². The van der Waals surface area contributed by atoms with Gasteiger partial charge in [0.1, 0.15) is 5.82 Å². The first-order chi connectivity index (χ1) is 7.11. The summed E-state index contributed by atoms with van der Waals surface area (Å²) in [5.74, 6) is -0.473. The molecule has 0 aliphatic heterocycles. The van der Waals surface area contributed by atoms with Crippen molar-refractivity contribution in [1.29, 1.82) is 0 Å². The number of hydrogen-bond donors (Lipinski definition) is 2. The normalized spacial score (nSPS) is 9.47. The number of thiocarbonyl (C=S) groups is 1. The summed E-state index contributed by atoms with van der Waals surface area (Å²) in [5.41, 5.74) is 0.637. The highest BCUT2D eigenvalue weighted by atomic mass is 32.1. The molecule has 0 aromatic heterocycles. The number of amides is 1. The van der Waals surface area contributed by atoms with Crippen molar-refractivity contribution in [2.24, 2.45) is 0 Å². The predicted molar refractivity (Wildman–Crippen MR) is 61.1 cm³/mol. The molecule has 0 atom stereocenters. The molecule has 1 rings (SSSR count). The van der Waals surface area contributed by atoms with Crippen molar-refractivity contribution in [2.45, 2.75) is 13.3 Å². The molecule has 0 aliphatic carbocycles. The first kappa shape index (κ1) is 11.6. The second kappa shape index (κ2) is 5.41. The molecule has 0 aliphatic rings. The van der Waals surface area contributed by atoms with E-state index in [2.05, 4.69) is 10.6 Å². The molecule has 3 nitrogen and oxygen atoms in total. The maximum absolute atomic E-state index is 12.6. The SMILES string of the molecule is CCC(=O)NC(=S)Nc1ccc(F)cc1. The van der Waals surface area contributed by atoms with Crippen LogP contribution in [0, 0.1) is 5.82 Å². The fourth-order valence-corrected chi connectivity index (χ4v) is 1.14. The maximum atomic E-state index is 12.6. The van der Waals surface area contributed by atoms with E-state index in [1.807, 2.05) is 0 Å². The van der Waals surface area contributed by atoms with Gasteiger partial charge in [0, 0.05) is 12.1 Å². The van der Waals surface area contributed by atoms with Gasteiger partial charge < -0.3 is 10.6 Å². The topological polar surface area (TPSA) is 41.1 Å². The van der Waals surface area contributed by atoms with Crippen LogP contribution in [-0.4, -0.2) is 11.0 Å². The van der Waals surface area contributed by atoms with Crippen LogP contribution in [0.15, 0.2) is 24.3 Å². The van der Waals surface area contributed by atoms with E-state index in [1.165, 1.54) is 12.1 Å². The molecule has 0 bridgehead atoms. The Morgan fingerprint density at radius 2 is 2.00 bits per heavy atom. The minimum atomic E-state index is -0.316. The molecule has 0 spiro atoms. The zero-order chi connectivity index (χ0) is 11.3. The van der Waals surface area contributed by atoms with Crippen LogP contribution >= 0.6 is 12.2 Å². The zero-order valence-corrected chi connectivity index (χ0v) is 9.03. The van der Waals surface area contributed by atoms with E-state index in [0.29, 0.717) is 12.1 Å². The third-order valence-electron chi connectivity index (χ3n) is 1.68. The van der Waals surface area contributed by atoms with Crippen molar-refractivity contribution in [3.63, 3.8) is 0 Å². The highest BCUT2D eigenvalue weighted by molar-refractivity contribution is 7.80. The summed E-state index contributed by atoms with van der Waals surface area (Å²) in [7, 11) is 0. The molecule has 15 heavy (non-hydrogen) atoms. The summed E-state index contributed by atoms with van der Waals surface area (Å²) < 4.78 is 12.6. The molecule has 0 fully saturated rings. The second-order valence-electron chi connectivity index (χ2n) is 2.86. The maximum Gasteiger partial charge on any atom is 0.225 e. The van der Waals surface area contributed by atoms with Crippen LogP contribution in [0.1, 0.15) is 13.3 Å². The summed E-state index contributed by atoms with van der Waals surface area (Å²) in [6.45, 7) is 1.73. The summed E-state index contributed by atoms with van der Waals surface area (Å²) in [5, 5.41) is 5.46. The monoisotopic (exact) mass is 226 g/mol.